The van der Waals surface area contributed by atoms with Crippen molar-refractivity contribution >= 4 is 67.4 Å². The SMILES string of the molecule is CC[C@@]1(O)C(=O)OCc2c1cc1n(c2=O)Cc2c-1nc1ccc(NC(=O)C(C)=NC(=O)C(=NC(=O)[C@H](CCCCN)NC(=O)CCCC#Cc3cnc(S(C)(=O)=O)nc3)C(C)C)c3c1c2CCC3. The normalized spacial score (nSPS) is 16.8. The van der Waals surface area contributed by atoms with E-state index in [-0.39, 0.29) is 65.7 Å². The molecule has 0 saturated heterocycles. The van der Waals surface area contributed by atoms with E-state index in [4.69, 9.17) is 15.5 Å². The van der Waals surface area contributed by atoms with Crippen LogP contribution in [0.25, 0.3) is 22.3 Å². The molecule has 5 heterocycles. The van der Waals surface area contributed by atoms with E-state index in [2.05, 4.69) is 42.4 Å². The third-order valence-electron chi connectivity index (χ3n) is 12.3. The highest BCUT2D eigenvalue weighted by atomic mass is 32.2. The number of aliphatic imine (C=N–C) groups is 2. The lowest BCUT2D eigenvalue weighted by atomic mass is 9.85. The van der Waals surface area contributed by atoms with E-state index in [9.17, 15) is 42.3 Å². The summed E-state index contributed by atoms with van der Waals surface area (Å²) in [5.41, 5.74) is 8.83. The van der Waals surface area contributed by atoms with Gasteiger partial charge in [-0.3, -0.25) is 24.0 Å². The minimum Gasteiger partial charge on any atom is -0.458 e. The molecule has 0 radical (unpaired) electrons. The van der Waals surface area contributed by atoms with Crippen LogP contribution in [-0.4, -0.2) is 92.9 Å². The monoisotopic (exact) mass is 947 g/mol. The van der Waals surface area contributed by atoms with Crippen LogP contribution in [0.3, 0.4) is 0 Å². The molecule has 1 aliphatic carbocycles. The van der Waals surface area contributed by atoms with Gasteiger partial charge in [-0.1, -0.05) is 32.6 Å². The number of hydrogen-bond acceptors (Lipinski definition) is 14. The maximum Gasteiger partial charge on any atom is 0.343 e. The first-order chi connectivity index (χ1) is 32.4. The van der Waals surface area contributed by atoms with Gasteiger partial charge in [0.15, 0.2) is 5.60 Å². The summed E-state index contributed by atoms with van der Waals surface area (Å²) in [5.74, 6) is 1.66. The van der Waals surface area contributed by atoms with Crippen molar-refractivity contribution in [2.75, 3.05) is 18.1 Å². The third-order valence-corrected chi connectivity index (χ3v) is 13.1. The predicted molar refractivity (Wildman–Crippen MR) is 251 cm³/mol. The molecule has 3 aromatic heterocycles. The number of nitrogens with zero attached hydrogens (tertiary/aromatic N) is 6. The molecule has 0 bridgehead atoms. The molecule has 1 aromatic carbocycles. The number of pyridine rings is 2. The molecule has 2 aliphatic heterocycles. The quantitative estimate of drug-likeness (QED) is 0.0386. The summed E-state index contributed by atoms with van der Waals surface area (Å²) in [5, 5.41) is 17.5. The maximum absolute atomic E-state index is 13.8. The van der Waals surface area contributed by atoms with E-state index < -0.39 is 57.0 Å². The molecule has 68 heavy (non-hydrogen) atoms. The number of aliphatic hydroxyl groups is 1. The highest BCUT2D eigenvalue weighted by Crippen LogP contribution is 2.43. The van der Waals surface area contributed by atoms with Crippen molar-refractivity contribution in [2.45, 2.75) is 122 Å². The second-order valence-corrected chi connectivity index (χ2v) is 19.3. The molecule has 2 atom stereocenters. The first-order valence-corrected chi connectivity index (χ1v) is 24.4. The molecular weight excluding hydrogens is 895 g/mol. The summed E-state index contributed by atoms with van der Waals surface area (Å²) >= 11 is 0. The number of aromatic nitrogens is 4. The molecule has 0 unspecified atom stereocenters. The van der Waals surface area contributed by atoms with Crippen LogP contribution in [0.5, 0.6) is 0 Å². The fraction of sp³-hybridized carbons (Fsp3) is 0.438. The van der Waals surface area contributed by atoms with Crippen molar-refractivity contribution in [3.8, 4) is 23.2 Å². The zero-order chi connectivity index (χ0) is 49.1. The Balaban J connectivity index is 1.04. The fourth-order valence-corrected chi connectivity index (χ4v) is 9.11. The number of sulfone groups is 1. The van der Waals surface area contributed by atoms with Gasteiger partial charge in [0, 0.05) is 59.6 Å². The fourth-order valence-electron chi connectivity index (χ4n) is 8.62. The number of aryl methyl sites for hydroxylation is 2. The molecule has 5 N–H and O–H groups in total. The molecule has 0 saturated carbocycles. The Morgan fingerprint density at radius 2 is 1.76 bits per heavy atom. The second-order valence-electron chi connectivity index (χ2n) is 17.4. The second kappa shape index (κ2) is 20.2. The molecule has 356 valence electrons. The average molecular weight is 948 g/mol. The van der Waals surface area contributed by atoms with Gasteiger partial charge in [0.25, 0.3) is 23.3 Å². The molecule has 20 heteroatoms. The number of ether oxygens (including phenoxy) is 1. The van der Waals surface area contributed by atoms with Gasteiger partial charge in [0.05, 0.1) is 34.6 Å². The van der Waals surface area contributed by atoms with Crippen LogP contribution >= 0.6 is 0 Å². The molecule has 4 amide bonds. The smallest absolute Gasteiger partial charge is 0.343 e. The Kier molecular flexibility index (Phi) is 14.6. The van der Waals surface area contributed by atoms with Gasteiger partial charge in [-0.05, 0) is 94.2 Å². The van der Waals surface area contributed by atoms with Gasteiger partial charge in [0.1, 0.15) is 24.1 Å². The number of anilines is 1. The molecule has 4 aromatic rings. The van der Waals surface area contributed by atoms with Crippen LogP contribution in [0.15, 0.2) is 50.5 Å². The number of amides is 4. The van der Waals surface area contributed by atoms with Crippen molar-refractivity contribution in [2.24, 2.45) is 21.6 Å². The van der Waals surface area contributed by atoms with Crippen LogP contribution in [0.2, 0.25) is 0 Å². The Morgan fingerprint density at radius 3 is 2.46 bits per heavy atom. The predicted octanol–water partition coefficient (Wildman–Crippen LogP) is 3.15. The van der Waals surface area contributed by atoms with Crippen molar-refractivity contribution < 1.29 is 42.2 Å². The maximum atomic E-state index is 13.8. The number of hydrogen-bond donors (Lipinski definition) is 4. The number of esters is 1. The van der Waals surface area contributed by atoms with Crippen molar-refractivity contribution in [1.82, 2.24) is 24.8 Å². The number of carbonyl (C=O) groups is 5. The Labute approximate surface area is 392 Å². The number of nitrogens with one attached hydrogen (secondary N) is 2. The number of fused-ring (bicyclic) bond motifs is 5. The van der Waals surface area contributed by atoms with Gasteiger partial charge < -0.3 is 30.8 Å². The van der Waals surface area contributed by atoms with Crippen LogP contribution in [-0.2, 0) is 70.1 Å². The molecule has 0 fully saturated rings. The van der Waals surface area contributed by atoms with Crippen LogP contribution in [0.1, 0.15) is 112 Å². The molecule has 7 rings (SSSR count). The molecule has 3 aliphatic rings. The number of benzene rings is 1. The molecular formula is C48H53N9O10S. The Morgan fingerprint density at radius 1 is 1.03 bits per heavy atom. The van der Waals surface area contributed by atoms with Gasteiger partial charge in [-0.25, -0.2) is 38.1 Å². The van der Waals surface area contributed by atoms with Crippen molar-refractivity contribution in [1.29, 1.82) is 0 Å². The highest BCUT2D eigenvalue weighted by Gasteiger charge is 2.45. The number of rotatable bonds is 15. The summed E-state index contributed by atoms with van der Waals surface area (Å²) < 4.78 is 30.0. The Bertz CT molecular complexity index is 3060. The van der Waals surface area contributed by atoms with E-state index in [1.54, 1.807) is 43.5 Å². The number of cyclic esters (lactones) is 1. The highest BCUT2D eigenvalue weighted by molar-refractivity contribution is 7.90. The molecule has 0 spiro atoms. The minimum atomic E-state index is -3.54. The lowest BCUT2D eigenvalue weighted by Gasteiger charge is -2.31. The number of unbranched alkanes of at least 4 members (excludes halogenated alkanes) is 2. The topological polar surface area (TPSA) is 284 Å². The van der Waals surface area contributed by atoms with Gasteiger partial charge in [0.2, 0.25) is 20.9 Å². The van der Waals surface area contributed by atoms with Crippen molar-refractivity contribution in [3.05, 3.63) is 74.3 Å². The van der Waals surface area contributed by atoms with Gasteiger partial charge in [-0.15, -0.1) is 0 Å². The summed E-state index contributed by atoms with van der Waals surface area (Å²) in [6, 6.07) is 4.13. The largest absolute Gasteiger partial charge is 0.458 e. The van der Waals surface area contributed by atoms with Crippen LogP contribution in [0.4, 0.5) is 5.69 Å². The zero-order valence-electron chi connectivity index (χ0n) is 38.5. The number of nitrogens with two attached hydrogens (primary N) is 1. The summed E-state index contributed by atoms with van der Waals surface area (Å²) in [6.07, 6.45) is 7.71. The van der Waals surface area contributed by atoms with Gasteiger partial charge >= 0.3 is 5.97 Å². The average Bonchev–Trinajstić information content (AvgIpc) is 3.68. The standard InChI is InChI=1S/C48H53N9O10S/c1-6-48(64)33-21-37-41-31(24-57(37)45(62)32(33)25-67-46(48)63)29-14-12-15-30-34(18-19-35(54-41)39(29)30)55-42(59)27(4)52-44(61)40(26(2)3)56-43(60)36(16-10-11-20-49)53-38(58)17-9-7-8-13-28-22-50-47(51-23-28)68(5,65)66/h18-19,21-23,26,36,64H,6-7,9-12,14-17,20,24-25,49H2,1-5H3,(H,53,58)(H,55,59)/t36-,48-/m0/s1. The van der Waals surface area contributed by atoms with Crippen molar-refractivity contribution in [3.63, 3.8) is 0 Å². The molecule has 19 nitrogen and oxygen atoms in total. The minimum absolute atomic E-state index is 0.0285. The van der Waals surface area contributed by atoms with E-state index in [1.165, 1.54) is 19.3 Å². The Hall–Kier alpha value is -6.82. The van der Waals surface area contributed by atoms with E-state index in [1.807, 2.05) is 0 Å². The lowest BCUT2D eigenvalue weighted by Crippen LogP contribution is -2.44. The van der Waals surface area contributed by atoms with Crippen LogP contribution < -0.4 is 21.9 Å². The van der Waals surface area contributed by atoms with E-state index >= 15 is 0 Å². The summed E-state index contributed by atoms with van der Waals surface area (Å²) in [7, 11) is -3.54. The van der Waals surface area contributed by atoms with E-state index in [0.29, 0.717) is 73.2 Å². The summed E-state index contributed by atoms with van der Waals surface area (Å²) in [4.78, 5) is 101. The van der Waals surface area contributed by atoms with Gasteiger partial charge in [-0.2, -0.15) is 0 Å². The first kappa shape index (κ1) is 49.1. The lowest BCUT2D eigenvalue weighted by molar-refractivity contribution is -0.172. The van der Waals surface area contributed by atoms with Crippen LogP contribution in [0, 0.1) is 17.8 Å². The summed E-state index contributed by atoms with van der Waals surface area (Å²) in [6.45, 7) is 6.74. The number of carbonyl (C=O) groups excluding carboxylic acids is 5. The van der Waals surface area contributed by atoms with E-state index in [0.717, 1.165) is 34.8 Å². The zero-order valence-corrected chi connectivity index (χ0v) is 39.3. The first-order valence-electron chi connectivity index (χ1n) is 22.5. The third kappa shape index (κ3) is 10.1.